The van der Waals surface area contributed by atoms with Crippen molar-refractivity contribution in [3.05, 3.63) is 92.6 Å². The first-order valence-corrected chi connectivity index (χ1v) is 15.2. The van der Waals surface area contributed by atoms with Gasteiger partial charge in [0.25, 0.3) is 0 Å². The molecule has 3 aromatic carbocycles. The number of halogens is 1. The van der Waals surface area contributed by atoms with Gasteiger partial charge in [0.2, 0.25) is 0 Å². The number of carbonyl (C=O) groups excluding carboxylic acids is 2. The number of urea groups is 1. The van der Waals surface area contributed by atoms with Crippen LogP contribution < -0.4 is 35.0 Å². The number of benzene rings is 3. The van der Waals surface area contributed by atoms with Crippen molar-refractivity contribution in [3.63, 3.8) is 0 Å². The van der Waals surface area contributed by atoms with Gasteiger partial charge < -0.3 is 39.4 Å². The number of hydrogen-bond acceptors (Lipinski definition) is 11. The first-order valence-electron chi connectivity index (χ1n) is 14.4. The minimum absolute atomic E-state index is 0.197. The molecule has 1 aliphatic heterocycles. The summed E-state index contributed by atoms with van der Waals surface area (Å²) >= 11 is 3.46. The molecule has 1 heterocycles. The molecule has 0 bridgehead atoms. The third-order valence-corrected chi connectivity index (χ3v) is 7.29. The minimum Gasteiger partial charge on any atom is -0.493 e. The fourth-order valence-corrected chi connectivity index (χ4v) is 5.09. The van der Waals surface area contributed by atoms with Gasteiger partial charge in [-0.1, -0.05) is 34.1 Å². The van der Waals surface area contributed by atoms with Gasteiger partial charge in [-0.2, -0.15) is 10.4 Å². The van der Waals surface area contributed by atoms with Crippen LogP contribution in [-0.4, -0.2) is 57.0 Å². The van der Waals surface area contributed by atoms with Crippen molar-refractivity contribution >= 4 is 34.1 Å². The second-order valence-corrected chi connectivity index (χ2v) is 11.0. The predicted molar refractivity (Wildman–Crippen MR) is 175 cm³/mol. The van der Waals surface area contributed by atoms with E-state index in [4.69, 9.17) is 28.9 Å². The molecule has 0 aromatic heterocycles. The number of nitrogens with one attached hydrogen (secondary N) is 3. The van der Waals surface area contributed by atoms with E-state index in [1.165, 1.54) is 20.4 Å². The summed E-state index contributed by atoms with van der Waals surface area (Å²) in [7, 11) is 2.79. The highest BCUT2D eigenvalue weighted by atomic mass is 79.9. The first-order chi connectivity index (χ1) is 22.7. The Morgan fingerprint density at radius 2 is 1.87 bits per heavy atom. The molecule has 3 aromatic rings. The van der Waals surface area contributed by atoms with E-state index in [-0.39, 0.29) is 18.8 Å². The van der Waals surface area contributed by atoms with Crippen molar-refractivity contribution < 1.29 is 38.4 Å². The van der Waals surface area contributed by atoms with Gasteiger partial charge in [-0.05, 0) is 61.4 Å². The van der Waals surface area contributed by atoms with Crippen molar-refractivity contribution in [3.8, 4) is 29.1 Å². The lowest BCUT2D eigenvalue weighted by Gasteiger charge is -2.28. The molecule has 4 N–H and O–H groups in total. The number of nitriles is 1. The Balaban J connectivity index is 1.44. The molecule has 4 rings (SSSR count). The fraction of sp³-hybridized carbons (Fsp3) is 0.273. The zero-order valence-electron chi connectivity index (χ0n) is 26.1. The predicted octanol–water partition coefficient (Wildman–Crippen LogP) is 4.43. The third kappa shape index (κ3) is 8.93. The number of ether oxygens (including phenoxy) is 5. The number of carbonyl (C=O) groups is 2. The van der Waals surface area contributed by atoms with Crippen LogP contribution in [0.25, 0.3) is 0 Å². The van der Waals surface area contributed by atoms with E-state index in [9.17, 15) is 14.7 Å². The average Bonchev–Trinajstić information content (AvgIpc) is 3.06. The number of rotatable bonds is 14. The number of amides is 2. The maximum atomic E-state index is 12.5. The van der Waals surface area contributed by atoms with E-state index in [2.05, 4.69) is 43.2 Å². The van der Waals surface area contributed by atoms with Gasteiger partial charge >= 0.3 is 12.0 Å². The SMILES string of the molecule is CCOc1cc([C@@H]2NC(=O)NC(C)=C2C(=O)OC)ccc1OC[C@H](O)N/N=C/c1cc(Br)cc(OC)c1OCc1ccc(C#N)cc1. The summed E-state index contributed by atoms with van der Waals surface area (Å²) in [6.07, 6.45) is 0.268. The van der Waals surface area contributed by atoms with Crippen LogP contribution in [0.1, 0.15) is 42.1 Å². The third-order valence-electron chi connectivity index (χ3n) is 6.83. The lowest BCUT2D eigenvalue weighted by Crippen LogP contribution is -2.45. The highest BCUT2D eigenvalue weighted by Gasteiger charge is 2.32. The highest BCUT2D eigenvalue weighted by Crippen LogP contribution is 2.36. The van der Waals surface area contributed by atoms with Crippen molar-refractivity contribution in [1.82, 2.24) is 16.1 Å². The van der Waals surface area contributed by atoms with Crippen LogP contribution in [0.2, 0.25) is 0 Å². The summed E-state index contributed by atoms with van der Waals surface area (Å²) in [5.74, 6) is 0.998. The van der Waals surface area contributed by atoms with Gasteiger partial charge in [-0.25, -0.2) is 9.59 Å². The van der Waals surface area contributed by atoms with Crippen LogP contribution in [-0.2, 0) is 16.1 Å². The largest absolute Gasteiger partial charge is 0.493 e. The number of aliphatic hydroxyl groups is 1. The van der Waals surface area contributed by atoms with Gasteiger partial charge in [-0.3, -0.25) is 5.43 Å². The number of nitrogens with zero attached hydrogens (tertiary/aromatic N) is 2. The Kier molecular flexibility index (Phi) is 12.0. The molecule has 47 heavy (non-hydrogen) atoms. The zero-order valence-corrected chi connectivity index (χ0v) is 27.7. The highest BCUT2D eigenvalue weighted by molar-refractivity contribution is 9.10. The molecule has 0 aliphatic carbocycles. The first kappa shape index (κ1) is 34.6. The molecular formula is C33H34BrN5O8. The van der Waals surface area contributed by atoms with Gasteiger partial charge in [0.05, 0.1) is 50.3 Å². The molecule has 0 saturated heterocycles. The van der Waals surface area contributed by atoms with Crippen molar-refractivity contribution in [2.45, 2.75) is 32.7 Å². The minimum atomic E-state index is -1.21. The van der Waals surface area contributed by atoms with E-state index >= 15 is 0 Å². The Bertz CT molecular complexity index is 1700. The molecule has 1 aliphatic rings. The van der Waals surface area contributed by atoms with E-state index in [0.717, 1.165) is 10.0 Å². The Hall–Kier alpha value is -5.26. The van der Waals surface area contributed by atoms with E-state index < -0.39 is 24.3 Å². The van der Waals surface area contributed by atoms with Gasteiger partial charge in [-0.15, -0.1) is 0 Å². The molecule has 246 valence electrons. The molecule has 0 saturated carbocycles. The average molecular weight is 709 g/mol. The molecule has 14 heteroatoms. The van der Waals surface area contributed by atoms with Crippen LogP contribution in [0.3, 0.4) is 0 Å². The number of hydrogen-bond donors (Lipinski definition) is 4. The normalized spacial score (nSPS) is 14.8. The monoisotopic (exact) mass is 707 g/mol. The summed E-state index contributed by atoms with van der Waals surface area (Å²) in [5.41, 5.74) is 5.81. The molecule has 2 atom stereocenters. The van der Waals surface area contributed by atoms with Crippen LogP contribution in [0, 0.1) is 11.3 Å². The van der Waals surface area contributed by atoms with Crippen LogP contribution in [0.5, 0.6) is 23.0 Å². The zero-order chi connectivity index (χ0) is 33.9. The van der Waals surface area contributed by atoms with Crippen molar-refractivity contribution in [2.24, 2.45) is 5.10 Å². The topological polar surface area (TPSA) is 173 Å². The second kappa shape index (κ2) is 16.3. The summed E-state index contributed by atoms with van der Waals surface area (Å²) in [6.45, 7) is 3.76. The number of allylic oxidation sites excluding steroid dienone is 1. The summed E-state index contributed by atoms with van der Waals surface area (Å²) < 4.78 is 28.8. The lowest BCUT2D eigenvalue weighted by molar-refractivity contribution is -0.136. The summed E-state index contributed by atoms with van der Waals surface area (Å²) in [6, 6.07) is 16.4. The number of hydrazone groups is 1. The maximum Gasteiger partial charge on any atom is 0.337 e. The smallest absolute Gasteiger partial charge is 0.337 e. The Morgan fingerprint density at radius 1 is 1.11 bits per heavy atom. The summed E-state index contributed by atoms with van der Waals surface area (Å²) in [4.78, 5) is 24.7. The second-order valence-electron chi connectivity index (χ2n) is 10.0. The van der Waals surface area contributed by atoms with Gasteiger partial charge in [0.15, 0.2) is 29.2 Å². The molecule has 0 radical (unpaired) electrons. The van der Waals surface area contributed by atoms with E-state index in [0.29, 0.717) is 52.0 Å². The lowest BCUT2D eigenvalue weighted by atomic mass is 9.95. The number of esters is 1. The Labute approximate surface area is 280 Å². The maximum absolute atomic E-state index is 12.5. The Morgan fingerprint density at radius 3 is 2.55 bits per heavy atom. The molecule has 0 fully saturated rings. The van der Waals surface area contributed by atoms with Crippen molar-refractivity contribution in [1.29, 1.82) is 5.26 Å². The standard InChI is InChI=1S/C33H34BrN5O8/c1-5-45-26-13-22(30-29(32(41)44-4)19(2)37-33(42)38-30)10-11-25(26)46-18-28(40)39-36-16-23-12-24(34)14-27(43-3)31(23)47-17-21-8-6-20(15-35)7-9-21/h6-14,16,28,30,39-40H,5,17-18H2,1-4H3,(H2,37,38,42)/b36-16+/t28-,30-/m0/s1. The van der Waals surface area contributed by atoms with Gasteiger partial charge in [0, 0.05) is 15.7 Å². The molecule has 0 unspecified atom stereocenters. The van der Waals surface area contributed by atoms with E-state index in [1.807, 2.05) is 12.1 Å². The molecular weight excluding hydrogens is 674 g/mol. The van der Waals surface area contributed by atoms with Crippen LogP contribution >= 0.6 is 15.9 Å². The van der Waals surface area contributed by atoms with Crippen LogP contribution in [0.4, 0.5) is 4.79 Å². The molecule has 0 spiro atoms. The number of aliphatic hydroxyl groups excluding tert-OH is 1. The van der Waals surface area contributed by atoms with E-state index in [1.54, 1.807) is 56.3 Å². The summed E-state index contributed by atoms with van der Waals surface area (Å²) in [5, 5.41) is 29.1. The molecule has 13 nitrogen and oxygen atoms in total. The van der Waals surface area contributed by atoms with Gasteiger partial charge in [0.1, 0.15) is 13.2 Å². The molecule has 2 amide bonds. The number of methoxy groups -OCH3 is 2. The van der Waals surface area contributed by atoms with Crippen molar-refractivity contribution in [2.75, 3.05) is 27.4 Å². The fourth-order valence-electron chi connectivity index (χ4n) is 4.64. The van der Waals surface area contributed by atoms with Crippen LogP contribution in [0.15, 0.2) is 75.4 Å². The quantitative estimate of drug-likeness (QED) is 0.0813.